The van der Waals surface area contributed by atoms with Crippen LogP contribution in [0.4, 0.5) is 0 Å². The van der Waals surface area contributed by atoms with E-state index in [-0.39, 0.29) is 39.2 Å². The molecular weight excluding hydrogens is 443 g/mol. The molecular formula is C22H22Cl2N2O5. The molecule has 0 spiro atoms. The summed E-state index contributed by atoms with van der Waals surface area (Å²) in [6.07, 6.45) is 0. The molecule has 31 heavy (non-hydrogen) atoms. The van der Waals surface area contributed by atoms with Gasteiger partial charge in [-0.3, -0.25) is 9.59 Å². The molecule has 1 unspecified atom stereocenters. The molecule has 0 bridgehead atoms. The van der Waals surface area contributed by atoms with E-state index in [9.17, 15) is 19.8 Å². The van der Waals surface area contributed by atoms with Gasteiger partial charge in [0, 0.05) is 18.1 Å². The van der Waals surface area contributed by atoms with Crippen LogP contribution in [0.25, 0.3) is 5.76 Å². The number of likely N-dealkylation sites (tertiary alicyclic amines) is 1. The van der Waals surface area contributed by atoms with Crippen molar-refractivity contribution in [3.63, 3.8) is 0 Å². The summed E-state index contributed by atoms with van der Waals surface area (Å²) in [6.45, 7) is 0.765. The molecule has 0 aliphatic carbocycles. The van der Waals surface area contributed by atoms with Crippen molar-refractivity contribution in [3.05, 3.63) is 63.1 Å². The van der Waals surface area contributed by atoms with Gasteiger partial charge in [0.1, 0.15) is 17.3 Å². The van der Waals surface area contributed by atoms with E-state index in [1.165, 1.54) is 36.3 Å². The number of amides is 1. The zero-order valence-electron chi connectivity index (χ0n) is 17.2. The number of hydrogen-bond donors (Lipinski definition) is 2. The van der Waals surface area contributed by atoms with Crippen molar-refractivity contribution < 1.29 is 24.5 Å². The second-order valence-corrected chi connectivity index (χ2v) is 8.20. The van der Waals surface area contributed by atoms with Gasteiger partial charge in [-0.15, -0.1) is 0 Å². The maximum atomic E-state index is 13.0. The Morgan fingerprint density at radius 2 is 1.81 bits per heavy atom. The minimum atomic E-state index is -0.858. The van der Waals surface area contributed by atoms with E-state index in [0.717, 1.165) is 0 Å². The number of benzene rings is 2. The Balaban J connectivity index is 2.23. The summed E-state index contributed by atoms with van der Waals surface area (Å²) in [4.78, 5) is 29.2. The minimum Gasteiger partial charge on any atom is -0.508 e. The Kier molecular flexibility index (Phi) is 6.79. The summed E-state index contributed by atoms with van der Waals surface area (Å²) >= 11 is 12.3. The average Bonchev–Trinajstić information content (AvgIpc) is 2.96. The topological polar surface area (TPSA) is 90.3 Å². The number of likely N-dealkylation sites (N-methyl/N-ethyl adjacent to an activating group) is 1. The first-order valence-electron chi connectivity index (χ1n) is 9.41. The van der Waals surface area contributed by atoms with Gasteiger partial charge in [0.25, 0.3) is 11.7 Å². The summed E-state index contributed by atoms with van der Waals surface area (Å²) < 4.78 is 5.30. The molecule has 0 aromatic heterocycles. The number of hydrogen-bond acceptors (Lipinski definition) is 6. The Bertz CT molecular complexity index is 1050. The van der Waals surface area contributed by atoms with Gasteiger partial charge in [-0.05, 0) is 43.9 Å². The number of aliphatic hydroxyl groups excluding tert-OH is 1. The van der Waals surface area contributed by atoms with E-state index in [2.05, 4.69) is 0 Å². The lowest BCUT2D eigenvalue weighted by Crippen LogP contribution is -2.35. The van der Waals surface area contributed by atoms with Gasteiger partial charge < -0.3 is 24.7 Å². The number of halogens is 2. The number of phenols is 1. The Morgan fingerprint density at radius 3 is 2.39 bits per heavy atom. The summed E-state index contributed by atoms with van der Waals surface area (Å²) in [5, 5.41) is 21.2. The van der Waals surface area contributed by atoms with Gasteiger partial charge >= 0.3 is 0 Å². The summed E-state index contributed by atoms with van der Waals surface area (Å²) in [5.74, 6) is -1.82. The van der Waals surface area contributed by atoms with Crippen LogP contribution in [-0.2, 0) is 9.59 Å². The standard InChI is InChI=1S/C22H22Cl2N2O5/c1-25(2)8-9-26-18(12-4-6-14(27)7-5-12)17(20(29)22(26)30)19(28)15-10-13(23)11-16(24)21(15)31-3/h4-7,10-11,18,27-28H,8-9H2,1-3H3/b19-17+. The number of ketones is 1. The number of carbonyl (C=O) groups excluding carboxylic acids is 2. The molecule has 0 radical (unpaired) electrons. The van der Waals surface area contributed by atoms with Crippen molar-refractivity contribution in [2.45, 2.75) is 6.04 Å². The van der Waals surface area contributed by atoms with Gasteiger partial charge in [0.15, 0.2) is 0 Å². The first-order valence-corrected chi connectivity index (χ1v) is 10.2. The van der Waals surface area contributed by atoms with Crippen LogP contribution >= 0.6 is 23.2 Å². The quantitative estimate of drug-likeness (QED) is 0.384. The molecule has 3 rings (SSSR count). The van der Waals surface area contributed by atoms with Gasteiger partial charge in [0.2, 0.25) is 0 Å². The van der Waals surface area contributed by atoms with Crippen LogP contribution < -0.4 is 4.74 Å². The number of ether oxygens (including phenoxy) is 1. The maximum Gasteiger partial charge on any atom is 0.295 e. The molecule has 9 heteroatoms. The molecule has 1 saturated heterocycles. The first-order chi connectivity index (χ1) is 14.6. The van der Waals surface area contributed by atoms with Crippen molar-refractivity contribution in [1.82, 2.24) is 9.80 Å². The van der Waals surface area contributed by atoms with Crippen molar-refractivity contribution in [3.8, 4) is 11.5 Å². The highest BCUT2D eigenvalue weighted by atomic mass is 35.5. The predicted molar refractivity (Wildman–Crippen MR) is 119 cm³/mol. The fourth-order valence-corrected chi connectivity index (χ4v) is 4.08. The highest BCUT2D eigenvalue weighted by molar-refractivity contribution is 6.46. The van der Waals surface area contributed by atoms with Crippen LogP contribution in [0.3, 0.4) is 0 Å². The molecule has 0 saturated carbocycles. The minimum absolute atomic E-state index is 0.0392. The third-order valence-corrected chi connectivity index (χ3v) is 5.50. The third-order valence-electron chi connectivity index (χ3n) is 5.00. The number of phenolic OH excluding ortho intramolecular Hbond substituents is 1. The molecule has 1 amide bonds. The van der Waals surface area contributed by atoms with Crippen molar-refractivity contribution in [2.24, 2.45) is 0 Å². The largest absolute Gasteiger partial charge is 0.508 e. The van der Waals surface area contributed by atoms with E-state index in [1.54, 1.807) is 12.1 Å². The Labute approximate surface area is 190 Å². The SMILES string of the molecule is COc1c(Cl)cc(Cl)cc1/C(O)=C1\C(=O)C(=O)N(CCN(C)C)C1c1ccc(O)cc1. The normalized spacial score (nSPS) is 18.1. The second-order valence-electron chi connectivity index (χ2n) is 7.36. The monoisotopic (exact) mass is 464 g/mol. The van der Waals surface area contributed by atoms with Crippen molar-refractivity contribution >= 4 is 40.7 Å². The van der Waals surface area contributed by atoms with Gasteiger partial charge in [-0.25, -0.2) is 0 Å². The molecule has 1 heterocycles. The third kappa shape index (κ3) is 4.49. The van der Waals surface area contributed by atoms with Crippen LogP contribution in [0.1, 0.15) is 17.2 Å². The highest BCUT2D eigenvalue weighted by Crippen LogP contribution is 2.43. The van der Waals surface area contributed by atoms with E-state index < -0.39 is 23.5 Å². The lowest BCUT2D eigenvalue weighted by atomic mass is 9.95. The Morgan fingerprint density at radius 1 is 1.16 bits per heavy atom. The molecule has 2 aromatic carbocycles. The molecule has 1 aliphatic rings. The summed E-state index contributed by atoms with van der Waals surface area (Å²) in [5.41, 5.74) is 0.560. The van der Waals surface area contributed by atoms with Crippen LogP contribution in [0.2, 0.25) is 10.0 Å². The summed E-state index contributed by atoms with van der Waals surface area (Å²) in [7, 11) is 5.08. The maximum absolute atomic E-state index is 13.0. The first kappa shape index (κ1) is 22.9. The molecule has 1 fully saturated rings. The number of rotatable bonds is 6. The molecule has 2 aromatic rings. The highest BCUT2D eigenvalue weighted by Gasteiger charge is 2.46. The molecule has 7 nitrogen and oxygen atoms in total. The number of methoxy groups -OCH3 is 1. The average molecular weight is 465 g/mol. The van der Waals surface area contributed by atoms with Crippen LogP contribution in [0.15, 0.2) is 42.0 Å². The van der Waals surface area contributed by atoms with Gasteiger partial charge in [0.05, 0.1) is 29.3 Å². The Hall–Kier alpha value is -2.74. The number of carbonyl (C=O) groups is 2. The molecule has 2 N–H and O–H groups in total. The van der Waals surface area contributed by atoms with Crippen LogP contribution in [-0.4, -0.2) is 66.0 Å². The second kappa shape index (κ2) is 9.18. The fourth-order valence-electron chi connectivity index (χ4n) is 3.51. The lowest BCUT2D eigenvalue weighted by Gasteiger charge is -2.26. The summed E-state index contributed by atoms with van der Waals surface area (Å²) in [6, 6.07) is 8.13. The van der Waals surface area contributed by atoms with E-state index in [0.29, 0.717) is 12.1 Å². The predicted octanol–water partition coefficient (Wildman–Crippen LogP) is 3.69. The van der Waals surface area contributed by atoms with Crippen LogP contribution in [0, 0.1) is 0 Å². The van der Waals surface area contributed by atoms with Gasteiger partial charge in [-0.1, -0.05) is 35.3 Å². The number of nitrogens with zero attached hydrogens (tertiary/aromatic N) is 2. The smallest absolute Gasteiger partial charge is 0.295 e. The molecule has 1 atom stereocenters. The van der Waals surface area contributed by atoms with E-state index >= 15 is 0 Å². The number of Topliss-reactive ketones (excluding diaryl/α,β-unsaturated/α-hetero) is 1. The fraction of sp³-hybridized carbons (Fsp3) is 0.273. The molecule has 164 valence electrons. The van der Waals surface area contributed by atoms with E-state index in [4.69, 9.17) is 27.9 Å². The van der Waals surface area contributed by atoms with Gasteiger partial charge in [-0.2, -0.15) is 0 Å². The zero-order valence-corrected chi connectivity index (χ0v) is 18.7. The number of aromatic hydroxyl groups is 1. The lowest BCUT2D eigenvalue weighted by molar-refractivity contribution is -0.140. The van der Waals surface area contributed by atoms with E-state index in [1.807, 2.05) is 19.0 Å². The number of aliphatic hydroxyl groups is 1. The van der Waals surface area contributed by atoms with Crippen LogP contribution in [0.5, 0.6) is 11.5 Å². The van der Waals surface area contributed by atoms with Crippen molar-refractivity contribution in [2.75, 3.05) is 34.3 Å². The van der Waals surface area contributed by atoms with Crippen molar-refractivity contribution in [1.29, 1.82) is 0 Å². The zero-order chi connectivity index (χ0) is 22.9. The molecule has 1 aliphatic heterocycles.